The average molecular weight is 425 g/mol. The molecule has 2 aliphatic heterocycles. The van der Waals surface area contributed by atoms with Crippen molar-refractivity contribution in [2.24, 2.45) is 0 Å². The number of piperazine rings is 1. The third kappa shape index (κ3) is 5.17. The van der Waals surface area contributed by atoms with Crippen LogP contribution in [-0.4, -0.2) is 62.7 Å². The van der Waals surface area contributed by atoms with Gasteiger partial charge in [0.2, 0.25) is 5.91 Å². The van der Waals surface area contributed by atoms with Crippen molar-refractivity contribution in [3.8, 4) is 11.5 Å². The molecule has 31 heavy (non-hydrogen) atoms. The molecule has 2 aromatic carbocycles. The van der Waals surface area contributed by atoms with E-state index >= 15 is 0 Å². The molecule has 0 unspecified atom stereocenters. The van der Waals surface area contributed by atoms with Crippen LogP contribution in [0.2, 0.25) is 0 Å². The Morgan fingerprint density at radius 1 is 1.00 bits per heavy atom. The van der Waals surface area contributed by atoms with E-state index in [9.17, 15) is 9.59 Å². The molecule has 1 saturated heterocycles. The van der Waals surface area contributed by atoms with Gasteiger partial charge in [-0.2, -0.15) is 0 Å². The summed E-state index contributed by atoms with van der Waals surface area (Å²) in [4.78, 5) is 28.4. The maximum Gasteiger partial charge on any atom is 0.279 e. The van der Waals surface area contributed by atoms with Crippen LogP contribution in [0.3, 0.4) is 0 Å². The standard InChI is InChI=1S/C24H29N3O4/c1-17-4-3-5-18(2)24(17)25-22(28)16-26-8-10-27(11-9-26)23(29)15-19-6-7-20-21(14-19)31-13-12-30-20/h3-7,14H,8-13,15-16H2,1-2H3,(H,25,28)/p+1. The van der Waals surface area contributed by atoms with Gasteiger partial charge in [-0.3, -0.25) is 9.59 Å². The van der Waals surface area contributed by atoms with E-state index in [-0.39, 0.29) is 11.8 Å². The van der Waals surface area contributed by atoms with Gasteiger partial charge < -0.3 is 24.6 Å². The van der Waals surface area contributed by atoms with Gasteiger partial charge in [0, 0.05) is 5.69 Å². The number of nitrogens with zero attached hydrogens (tertiary/aromatic N) is 1. The Balaban J connectivity index is 1.25. The number of ether oxygens (including phenoxy) is 2. The number of carbonyl (C=O) groups excluding carboxylic acids is 2. The smallest absolute Gasteiger partial charge is 0.279 e. The molecule has 4 rings (SSSR count). The molecule has 2 amide bonds. The topological polar surface area (TPSA) is 72.3 Å². The highest BCUT2D eigenvalue weighted by molar-refractivity contribution is 5.93. The minimum absolute atomic E-state index is 0.0171. The third-order valence-electron chi connectivity index (χ3n) is 5.94. The fourth-order valence-electron chi connectivity index (χ4n) is 4.16. The van der Waals surface area contributed by atoms with Gasteiger partial charge in [-0.15, -0.1) is 0 Å². The predicted molar refractivity (Wildman–Crippen MR) is 118 cm³/mol. The van der Waals surface area contributed by atoms with Crippen LogP contribution < -0.4 is 19.7 Å². The highest BCUT2D eigenvalue weighted by Crippen LogP contribution is 2.31. The van der Waals surface area contributed by atoms with Gasteiger partial charge >= 0.3 is 0 Å². The molecule has 2 N–H and O–H groups in total. The second-order valence-corrected chi connectivity index (χ2v) is 8.28. The first-order chi connectivity index (χ1) is 15.0. The lowest BCUT2D eigenvalue weighted by Crippen LogP contribution is -3.15. The summed E-state index contributed by atoms with van der Waals surface area (Å²) < 4.78 is 11.1. The fraction of sp³-hybridized carbons (Fsp3) is 0.417. The minimum atomic E-state index is 0.0171. The van der Waals surface area contributed by atoms with Crippen molar-refractivity contribution in [3.63, 3.8) is 0 Å². The molecule has 1 fully saturated rings. The maximum atomic E-state index is 12.7. The number of anilines is 1. The first kappa shape index (κ1) is 21.2. The number of rotatable bonds is 5. The molecule has 0 aliphatic carbocycles. The molecule has 164 valence electrons. The number of hydrogen-bond acceptors (Lipinski definition) is 4. The van der Waals surface area contributed by atoms with Gasteiger partial charge in [0.15, 0.2) is 18.0 Å². The van der Waals surface area contributed by atoms with Gasteiger partial charge in [-0.1, -0.05) is 24.3 Å². The van der Waals surface area contributed by atoms with Gasteiger partial charge in [0.25, 0.3) is 5.91 Å². The van der Waals surface area contributed by atoms with Gasteiger partial charge in [-0.25, -0.2) is 0 Å². The Morgan fingerprint density at radius 3 is 2.39 bits per heavy atom. The van der Waals surface area contributed by atoms with E-state index in [0.29, 0.717) is 45.0 Å². The summed E-state index contributed by atoms with van der Waals surface area (Å²) in [5.41, 5.74) is 3.97. The number of nitrogens with one attached hydrogen (secondary N) is 2. The summed E-state index contributed by atoms with van der Waals surface area (Å²) in [6, 6.07) is 11.7. The number of quaternary nitrogens is 1. The number of amides is 2. The summed E-state index contributed by atoms with van der Waals surface area (Å²) in [6.45, 7) is 8.37. The highest BCUT2D eigenvalue weighted by atomic mass is 16.6. The molecule has 0 aromatic heterocycles. The summed E-state index contributed by atoms with van der Waals surface area (Å²) in [5.74, 6) is 1.57. The van der Waals surface area contributed by atoms with Crippen molar-refractivity contribution < 1.29 is 24.0 Å². The van der Waals surface area contributed by atoms with Crippen molar-refractivity contribution in [2.45, 2.75) is 20.3 Å². The predicted octanol–water partition coefficient (Wildman–Crippen LogP) is 0.983. The number of hydrogen-bond donors (Lipinski definition) is 2. The lowest BCUT2D eigenvalue weighted by Gasteiger charge is -2.32. The van der Waals surface area contributed by atoms with E-state index in [2.05, 4.69) is 5.32 Å². The Hall–Kier alpha value is -3.06. The highest BCUT2D eigenvalue weighted by Gasteiger charge is 2.26. The molecule has 2 aliphatic rings. The zero-order valence-electron chi connectivity index (χ0n) is 18.2. The summed E-state index contributed by atoms with van der Waals surface area (Å²) >= 11 is 0. The third-order valence-corrected chi connectivity index (χ3v) is 5.94. The monoisotopic (exact) mass is 424 g/mol. The van der Waals surface area contributed by atoms with E-state index < -0.39 is 0 Å². The minimum Gasteiger partial charge on any atom is -0.486 e. The summed E-state index contributed by atoms with van der Waals surface area (Å²) in [6.07, 6.45) is 0.346. The van der Waals surface area contributed by atoms with Crippen molar-refractivity contribution in [1.29, 1.82) is 0 Å². The molecule has 0 saturated carbocycles. The first-order valence-corrected chi connectivity index (χ1v) is 10.9. The van der Waals surface area contributed by atoms with E-state index in [0.717, 1.165) is 41.2 Å². The average Bonchev–Trinajstić information content (AvgIpc) is 2.77. The van der Waals surface area contributed by atoms with Crippen LogP contribution in [0.5, 0.6) is 11.5 Å². The van der Waals surface area contributed by atoms with Crippen molar-refractivity contribution in [3.05, 3.63) is 53.1 Å². The maximum absolute atomic E-state index is 12.7. The van der Waals surface area contributed by atoms with Crippen LogP contribution >= 0.6 is 0 Å². The van der Waals surface area contributed by atoms with E-state index in [1.165, 1.54) is 4.90 Å². The second kappa shape index (κ2) is 9.39. The lowest BCUT2D eigenvalue weighted by molar-refractivity contribution is -0.895. The zero-order chi connectivity index (χ0) is 21.8. The van der Waals surface area contributed by atoms with Crippen LogP contribution in [0.15, 0.2) is 36.4 Å². The number of fused-ring (bicyclic) bond motifs is 1. The second-order valence-electron chi connectivity index (χ2n) is 8.28. The van der Waals surface area contributed by atoms with Crippen LogP contribution in [0.25, 0.3) is 0 Å². The lowest BCUT2D eigenvalue weighted by atomic mass is 10.1. The summed E-state index contributed by atoms with van der Waals surface area (Å²) in [7, 11) is 0. The van der Waals surface area contributed by atoms with Crippen molar-refractivity contribution in [2.75, 3.05) is 51.3 Å². The Kier molecular flexibility index (Phi) is 6.42. The number of benzene rings is 2. The molecule has 7 heteroatoms. The summed E-state index contributed by atoms with van der Waals surface area (Å²) in [5, 5.41) is 3.05. The van der Waals surface area contributed by atoms with Crippen LogP contribution in [0, 0.1) is 13.8 Å². The number of carbonyl (C=O) groups is 2. The van der Waals surface area contributed by atoms with Crippen molar-refractivity contribution >= 4 is 17.5 Å². The molecular formula is C24H30N3O4+. The zero-order valence-corrected chi connectivity index (χ0v) is 18.2. The van der Waals surface area contributed by atoms with Gasteiger partial charge in [0.05, 0.1) is 32.6 Å². The number of para-hydroxylation sites is 1. The van der Waals surface area contributed by atoms with Crippen LogP contribution in [-0.2, 0) is 16.0 Å². The van der Waals surface area contributed by atoms with E-state index in [4.69, 9.17) is 9.47 Å². The quantitative estimate of drug-likeness (QED) is 0.751. The first-order valence-electron chi connectivity index (χ1n) is 10.9. The normalized spacial score (nSPS) is 16.1. The largest absolute Gasteiger partial charge is 0.486 e. The Morgan fingerprint density at radius 2 is 1.68 bits per heavy atom. The molecular weight excluding hydrogens is 394 g/mol. The van der Waals surface area contributed by atoms with Gasteiger partial charge in [0.1, 0.15) is 13.2 Å². The fourth-order valence-corrected chi connectivity index (χ4v) is 4.16. The SMILES string of the molecule is Cc1cccc(C)c1NC(=O)C[NH+]1CCN(C(=O)Cc2ccc3c(c2)OCCO3)CC1. The van der Waals surface area contributed by atoms with Crippen molar-refractivity contribution in [1.82, 2.24) is 4.90 Å². The molecule has 0 atom stereocenters. The Bertz CT molecular complexity index is 947. The van der Waals surface area contributed by atoms with Gasteiger partial charge in [-0.05, 0) is 42.7 Å². The molecule has 0 spiro atoms. The molecule has 2 aromatic rings. The van der Waals surface area contributed by atoms with E-state index in [1.807, 2.05) is 55.1 Å². The molecule has 0 radical (unpaired) electrons. The Labute approximate surface area is 182 Å². The molecule has 0 bridgehead atoms. The van der Waals surface area contributed by atoms with Crippen LogP contribution in [0.1, 0.15) is 16.7 Å². The molecule has 2 heterocycles. The molecule has 7 nitrogen and oxygen atoms in total. The van der Waals surface area contributed by atoms with Crippen LogP contribution in [0.4, 0.5) is 5.69 Å². The van der Waals surface area contributed by atoms with E-state index in [1.54, 1.807) is 0 Å². The number of aryl methyl sites for hydroxylation is 2.